The summed E-state index contributed by atoms with van der Waals surface area (Å²) in [7, 11) is 0. The second-order valence-electron chi connectivity index (χ2n) is 3.27. The fourth-order valence-electron chi connectivity index (χ4n) is 1.19. The third kappa shape index (κ3) is 8.00. The van der Waals surface area contributed by atoms with Gasteiger partial charge in [-0.25, -0.2) is 0 Å². The van der Waals surface area contributed by atoms with Crippen molar-refractivity contribution in [2.75, 3.05) is 6.61 Å². The summed E-state index contributed by atoms with van der Waals surface area (Å²) < 4.78 is 0. The van der Waals surface area contributed by atoms with Crippen LogP contribution < -0.4 is 34.7 Å². The first-order valence-electron chi connectivity index (χ1n) is 5.20. The predicted octanol–water partition coefficient (Wildman–Crippen LogP) is -1.01. The van der Waals surface area contributed by atoms with Gasteiger partial charge in [0.2, 0.25) is 0 Å². The fraction of sp³-hybridized carbons (Fsp3) is 0.143. The Labute approximate surface area is 124 Å². The molecule has 0 saturated carbocycles. The molecule has 84 valence electrons. The van der Waals surface area contributed by atoms with Crippen LogP contribution in [-0.4, -0.2) is 11.7 Å². The minimum atomic E-state index is 0. The van der Waals surface area contributed by atoms with Gasteiger partial charge in [-0.15, -0.1) is 5.75 Å². The zero-order chi connectivity index (χ0) is 11.6. The Balaban J connectivity index is 0.000000292. The third-order valence-corrected chi connectivity index (χ3v) is 1.99. The van der Waals surface area contributed by atoms with Gasteiger partial charge in [0.05, 0.1) is 0 Å². The van der Waals surface area contributed by atoms with Crippen LogP contribution in [0, 0.1) is 0 Å². The molecule has 3 heteroatoms. The van der Waals surface area contributed by atoms with Crippen molar-refractivity contribution in [3.05, 3.63) is 66.2 Å². The molecule has 0 atom stereocenters. The fourth-order valence-corrected chi connectivity index (χ4v) is 1.19. The SMILES string of the molecule is OCCc1ccccc1.[Na+].[O-]c1ccccc1. The second-order valence-corrected chi connectivity index (χ2v) is 3.27. The van der Waals surface area contributed by atoms with E-state index in [-0.39, 0.29) is 41.9 Å². The van der Waals surface area contributed by atoms with Gasteiger partial charge in [-0.2, -0.15) is 0 Å². The van der Waals surface area contributed by atoms with Gasteiger partial charge in [0, 0.05) is 6.61 Å². The molecule has 0 fully saturated rings. The first-order valence-corrected chi connectivity index (χ1v) is 5.20. The van der Waals surface area contributed by atoms with Gasteiger partial charge in [0.1, 0.15) is 0 Å². The maximum atomic E-state index is 10.3. The number of para-hydroxylation sites is 1. The van der Waals surface area contributed by atoms with Gasteiger partial charge in [0.15, 0.2) is 0 Å². The van der Waals surface area contributed by atoms with E-state index in [0.717, 1.165) is 6.42 Å². The molecule has 0 bridgehead atoms. The van der Waals surface area contributed by atoms with Gasteiger partial charge < -0.3 is 10.2 Å². The molecular weight excluding hydrogens is 223 g/mol. The van der Waals surface area contributed by atoms with Crippen molar-refractivity contribution in [3.63, 3.8) is 0 Å². The zero-order valence-electron chi connectivity index (χ0n) is 10.0. The molecule has 0 aliphatic carbocycles. The maximum Gasteiger partial charge on any atom is 1.00 e. The van der Waals surface area contributed by atoms with Crippen molar-refractivity contribution in [3.8, 4) is 5.75 Å². The summed E-state index contributed by atoms with van der Waals surface area (Å²) in [6, 6.07) is 18.3. The Morgan fingerprint density at radius 2 is 1.29 bits per heavy atom. The van der Waals surface area contributed by atoms with Gasteiger partial charge in [-0.1, -0.05) is 60.7 Å². The van der Waals surface area contributed by atoms with Gasteiger partial charge in [-0.05, 0) is 12.0 Å². The number of benzene rings is 2. The largest absolute Gasteiger partial charge is 1.00 e. The average Bonchev–Trinajstić information content (AvgIpc) is 2.33. The molecule has 0 radical (unpaired) electrons. The third-order valence-electron chi connectivity index (χ3n) is 1.99. The minimum absolute atomic E-state index is 0. The summed E-state index contributed by atoms with van der Waals surface area (Å²) >= 11 is 0. The Morgan fingerprint density at radius 3 is 1.65 bits per heavy atom. The summed E-state index contributed by atoms with van der Waals surface area (Å²) in [5, 5.41) is 18.8. The van der Waals surface area contributed by atoms with Crippen molar-refractivity contribution < 1.29 is 39.8 Å². The molecule has 0 aliphatic heterocycles. The molecule has 0 spiro atoms. The number of aliphatic hydroxyl groups is 1. The molecule has 2 nitrogen and oxygen atoms in total. The molecule has 2 aromatic rings. The smallest absolute Gasteiger partial charge is 0.872 e. The number of hydrogen-bond acceptors (Lipinski definition) is 2. The summed E-state index contributed by atoms with van der Waals surface area (Å²) in [5.41, 5.74) is 1.19. The van der Waals surface area contributed by atoms with E-state index in [1.807, 2.05) is 36.4 Å². The van der Waals surface area contributed by atoms with Crippen LogP contribution in [0.15, 0.2) is 60.7 Å². The van der Waals surface area contributed by atoms with E-state index in [1.165, 1.54) is 17.7 Å². The molecule has 0 unspecified atom stereocenters. The van der Waals surface area contributed by atoms with Crippen LogP contribution in [0.2, 0.25) is 0 Å². The molecule has 1 N–H and O–H groups in total. The Kier molecular flexibility index (Phi) is 9.87. The Morgan fingerprint density at radius 1 is 0.824 bits per heavy atom. The maximum absolute atomic E-state index is 10.3. The van der Waals surface area contributed by atoms with E-state index in [4.69, 9.17) is 5.11 Å². The first kappa shape index (κ1) is 16.2. The molecule has 0 aliphatic rings. The summed E-state index contributed by atoms with van der Waals surface area (Å²) in [6.07, 6.45) is 0.765. The van der Waals surface area contributed by atoms with Crippen LogP contribution >= 0.6 is 0 Å². The summed E-state index contributed by atoms with van der Waals surface area (Å²) in [4.78, 5) is 0. The molecule has 2 rings (SSSR count). The van der Waals surface area contributed by atoms with E-state index < -0.39 is 0 Å². The second kappa shape index (κ2) is 10.4. The molecule has 0 saturated heterocycles. The van der Waals surface area contributed by atoms with Crippen LogP contribution in [-0.2, 0) is 6.42 Å². The van der Waals surface area contributed by atoms with E-state index in [9.17, 15) is 5.11 Å². The molecular formula is C14H15NaO2. The van der Waals surface area contributed by atoms with E-state index in [0.29, 0.717) is 0 Å². The predicted molar refractivity (Wildman–Crippen MR) is 63.1 cm³/mol. The Bertz CT molecular complexity index is 376. The van der Waals surface area contributed by atoms with Crippen molar-refractivity contribution in [2.24, 2.45) is 0 Å². The number of rotatable bonds is 2. The quantitative estimate of drug-likeness (QED) is 0.681. The van der Waals surface area contributed by atoms with Crippen LogP contribution in [0.3, 0.4) is 0 Å². The monoisotopic (exact) mass is 238 g/mol. The van der Waals surface area contributed by atoms with Crippen molar-refractivity contribution in [1.82, 2.24) is 0 Å². The molecule has 0 amide bonds. The summed E-state index contributed by atoms with van der Waals surface area (Å²) in [6.45, 7) is 0.240. The van der Waals surface area contributed by atoms with Crippen LogP contribution in [0.25, 0.3) is 0 Å². The Hall–Kier alpha value is -0.800. The molecule has 17 heavy (non-hydrogen) atoms. The number of aliphatic hydroxyl groups excluding tert-OH is 1. The van der Waals surface area contributed by atoms with Gasteiger partial charge >= 0.3 is 29.6 Å². The van der Waals surface area contributed by atoms with Crippen LogP contribution in [0.1, 0.15) is 5.56 Å². The van der Waals surface area contributed by atoms with Gasteiger partial charge in [-0.3, -0.25) is 0 Å². The van der Waals surface area contributed by atoms with E-state index in [2.05, 4.69) is 0 Å². The van der Waals surface area contributed by atoms with Crippen molar-refractivity contribution >= 4 is 0 Å². The van der Waals surface area contributed by atoms with Crippen LogP contribution in [0.4, 0.5) is 0 Å². The van der Waals surface area contributed by atoms with Crippen molar-refractivity contribution in [2.45, 2.75) is 6.42 Å². The standard InChI is InChI=1S/C8H10O.C6H6O.Na/c9-7-6-8-4-2-1-3-5-8;7-6-4-2-1-3-5-6;/h1-5,9H,6-7H2;1-5,7H;/q;;+1/p-1. The van der Waals surface area contributed by atoms with E-state index >= 15 is 0 Å². The van der Waals surface area contributed by atoms with E-state index in [1.54, 1.807) is 12.1 Å². The van der Waals surface area contributed by atoms with Gasteiger partial charge in [0.25, 0.3) is 0 Å². The molecule has 2 aromatic carbocycles. The van der Waals surface area contributed by atoms with Crippen LogP contribution in [0.5, 0.6) is 5.75 Å². The van der Waals surface area contributed by atoms with Crippen molar-refractivity contribution in [1.29, 1.82) is 0 Å². The average molecular weight is 238 g/mol. The molecule has 0 heterocycles. The normalized spacial score (nSPS) is 8.53. The molecule has 0 aromatic heterocycles. The minimum Gasteiger partial charge on any atom is -0.872 e. The first-order chi connectivity index (χ1) is 7.83. The number of hydrogen-bond donors (Lipinski definition) is 1. The zero-order valence-corrected chi connectivity index (χ0v) is 12.0. The summed E-state index contributed by atoms with van der Waals surface area (Å²) in [5.74, 6) is 0.0718. The topological polar surface area (TPSA) is 43.3 Å².